The minimum atomic E-state index is -3.32. The molecule has 16 heavy (non-hydrogen) atoms. The second-order valence-electron chi connectivity index (χ2n) is 4.43. The Morgan fingerprint density at radius 2 is 1.69 bits per heavy atom. The summed E-state index contributed by atoms with van der Waals surface area (Å²) in [6.45, 7) is 0.664. The van der Waals surface area contributed by atoms with Gasteiger partial charge in [-0.15, -0.1) is 0 Å². The minimum Gasteiger partial charge on any atom is -0.378 e. The molecule has 0 aromatic heterocycles. The van der Waals surface area contributed by atoms with Gasteiger partial charge in [-0.1, -0.05) is 25.7 Å². The standard InChI is InChI=1S/C11H21ClO3S/c12-16(13,14)10-6-5-9-15-11-7-3-1-2-4-8-11/h11H,1-10H2. The van der Waals surface area contributed by atoms with Crippen molar-refractivity contribution in [1.29, 1.82) is 0 Å². The van der Waals surface area contributed by atoms with E-state index < -0.39 is 9.05 Å². The van der Waals surface area contributed by atoms with E-state index >= 15 is 0 Å². The maximum absolute atomic E-state index is 10.7. The molecule has 0 spiro atoms. The lowest BCUT2D eigenvalue weighted by Crippen LogP contribution is -2.13. The molecule has 3 nitrogen and oxygen atoms in total. The molecular formula is C11H21ClO3S. The number of ether oxygens (including phenoxy) is 1. The summed E-state index contributed by atoms with van der Waals surface area (Å²) in [5, 5.41) is 0. The minimum absolute atomic E-state index is 0.0581. The van der Waals surface area contributed by atoms with E-state index in [1.54, 1.807) is 0 Å². The molecule has 1 aliphatic carbocycles. The lowest BCUT2D eigenvalue weighted by molar-refractivity contribution is 0.0416. The normalized spacial score (nSPS) is 19.6. The molecule has 0 amide bonds. The summed E-state index contributed by atoms with van der Waals surface area (Å²) >= 11 is 0. The van der Waals surface area contributed by atoms with Gasteiger partial charge in [0, 0.05) is 17.3 Å². The third-order valence-corrected chi connectivity index (χ3v) is 4.18. The van der Waals surface area contributed by atoms with Crippen LogP contribution >= 0.6 is 10.7 Å². The second kappa shape index (κ2) is 7.51. The van der Waals surface area contributed by atoms with Crippen LogP contribution in [0, 0.1) is 0 Å². The van der Waals surface area contributed by atoms with Crippen LogP contribution in [-0.4, -0.2) is 26.9 Å². The van der Waals surface area contributed by atoms with Crippen LogP contribution in [0.1, 0.15) is 51.4 Å². The smallest absolute Gasteiger partial charge is 0.232 e. The molecule has 0 N–H and O–H groups in total. The summed E-state index contributed by atoms with van der Waals surface area (Å²) in [7, 11) is 1.80. The van der Waals surface area contributed by atoms with Crippen LogP contribution in [0.2, 0.25) is 0 Å². The maximum atomic E-state index is 10.7. The van der Waals surface area contributed by atoms with Gasteiger partial charge >= 0.3 is 0 Å². The Labute approximate surface area is 103 Å². The number of halogens is 1. The zero-order chi connectivity index (χ0) is 11.9. The Morgan fingerprint density at radius 3 is 2.25 bits per heavy atom. The molecule has 1 aliphatic rings. The van der Waals surface area contributed by atoms with Crippen LogP contribution in [-0.2, 0) is 13.8 Å². The molecule has 0 heterocycles. The first-order valence-corrected chi connectivity index (χ1v) is 8.60. The van der Waals surface area contributed by atoms with E-state index in [0.29, 0.717) is 19.1 Å². The lowest BCUT2D eigenvalue weighted by Gasteiger charge is -2.14. The summed E-state index contributed by atoms with van der Waals surface area (Å²) in [5.74, 6) is 0.0581. The van der Waals surface area contributed by atoms with Crippen molar-refractivity contribution in [2.45, 2.75) is 57.5 Å². The third kappa shape index (κ3) is 7.47. The van der Waals surface area contributed by atoms with E-state index in [1.807, 2.05) is 0 Å². The quantitative estimate of drug-likeness (QED) is 0.422. The Bertz CT molecular complexity index is 269. The van der Waals surface area contributed by atoms with Crippen LogP contribution in [0.4, 0.5) is 0 Å². The van der Waals surface area contributed by atoms with Crippen LogP contribution in [0.15, 0.2) is 0 Å². The first kappa shape index (κ1) is 14.3. The van der Waals surface area contributed by atoms with Crippen molar-refractivity contribution in [2.75, 3.05) is 12.4 Å². The zero-order valence-electron chi connectivity index (χ0n) is 9.66. The Balaban J connectivity index is 2.01. The van der Waals surface area contributed by atoms with Crippen molar-refractivity contribution in [3.63, 3.8) is 0 Å². The number of hydrogen-bond donors (Lipinski definition) is 0. The van der Waals surface area contributed by atoms with E-state index in [9.17, 15) is 8.42 Å². The maximum Gasteiger partial charge on any atom is 0.232 e. The van der Waals surface area contributed by atoms with Gasteiger partial charge in [0.2, 0.25) is 9.05 Å². The fourth-order valence-corrected chi connectivity index (χ4v) is 2.91. The van der Waals surface area contributed by atoms with Gasteiger partial charge in [0.15, 0.2) is 0 Å². The topological polar surface area (TPSA) is 43.4 Å². The van der Waals surface area contributed by atoms with E-state index in [1.165, 1.54) is 25.7 Å². The predicted octanol–water partition coefficient (Wildman–Crippen LogP) is 3.07. The van der Waals surface area contributed by atoms with Gasteiger partial charge in [-0.3, -0.25) is 0 Å². The predicted molar refractivity (Wildman–Crippen MR) is 66.3 cm³/mol. The van der Waals surface area contributed by atoms with Crippen molar-refractivity contribution < 1.29 is 13.2 Å². The molecule has 0 aliphatic heterocycles. The van der Waals surface area contributed by atoms with E-state index in [-0.39, 0.29) is 5.75 Å². The van der Waals surface area contributed by atoms with Gasteiger partial charge in [-0.25, -0.2) is 8.42 Å². The molecule has 5 heteroatoms. The Morgan fingerprint density at radius 1 is 1.06 bits per heavy atom. The van der Waals surface area contributed by atoms with Gasteiger partial charge in [-0.2, -0.15) is 0 Å². The SMILES string of the molecule is O=S(=O)(Cl)CCCCOC1CCCCCC1. The molecular weight excluding hydrogens is 248 g/mol. The summed E-state index contributed by atoms with van der Waals surface area (Å²) in [6.07, 6.45) is 9.27. The second-order valence-corrected chi connectivity index (χ2v) is 7.33. The lowest BCUT2D eigenvalue weighted by atomic mass is 10.1. The van der Waals surface area contributed by atoms with Gasteiger partial charge in [0.25, 0.3) is 0 Å². The van der Waals surface area contributed by atoms with E-state index in [4.69, 9.17) is 15.4 Å². The molecule has 1 saturated carbocycles. The van der Waals surface area contributed by atoms with Crippen molar-refractivity contribution in [2.24, 2.45) is 0 Å². The van der Waals surface area contributed by atoms with Gasteiger partial charge in [-0.05, 0) is 25.7 Å². The molecule has 0 unspecified atom stereocenters. The molecule has 0 aromatic rings. The third-order valence-electron chi connectivity index (χ3n) is 2.94. The summed E-state index contributed by atoms with van der Waals surface area (Å²) in [6, 6.07) is 0. The summed E-state index contributed by atoms with van der Waals surface area (Å²) in [5.41, 5.74) is 0. The van der Waals surface area contributed by atoms with Crippen LogP contribution in [0.5, 0.6) is 0 Å². The average Bonchev–Trinajstić information content (AvgIpc) is 2.44. The number of hydrogen-bond acceptors (Lipinski definition) is 3. The monoisotopic (exact) mass is 268 g/mol. The highest BCUT2D eigenvalue weighted by Crippen LogP contribution is 2.20. The molecule has 0 atom stereocenters. The summed E-state index contributed by atoms with van der Waals surface area (Å²) < 4.78 is 27.1. The first-order chi connectivity index (χ1) is 7.58. The Kier molecular flexibility index (Phi) is 6.70. The highest BCUT2D eigenvalue weighted by Gasteiger charge is 2.12. The van der Waals surface area contributed by atoms with Crippen molar-refractivity contribution >= 4 is 19.7 Å². The van der Waals surface area contributed by atoms with Crippen LogP contribution in [0.25, 0.3) is 0 Å². The molecule has 96 valence electrons. The summed E-state index contributed by atoms with van der Waals surface area (Å²) in [4.78, 5) is 0. The van der Waals surface area contributed by atoms with Gasteiger partial charge < -0.3 is 4.74 Å². The fourth-order valence-electron chi connectivity index (χ4n) is 2.04. The molecule has 0 aromatic carbocycles. The fraction of sp³-hybridized carbons (Fsp3) is 1.00. The molecule has 0 bridgehead atoms. The van der Waals surface area contributed by atoms with E-state index in [2.05, 4.69) is 0 Å². The zero-order valence-corrected chi connectivity index (χ0v) is 11.2. The van der Waals surface area contributed by atoms with Gasteiger partial charge in [0.1, 0.15) is 0 Å². The van der Waals surface area contributed by atoms with Crippen LogP contribution in [0.3, 0.4) is 0 Å². The van der Waals surface area contributed by atoms with Crippen molar-refractivity contribution in [1.82, 2.24) is 0 Å². The van der Waals surface area contributed by atoms with Crippen LogP contribution < -0.4 is 0 Å². The largest absolute Gasteiger partial charge is 0.378 e. The highest BCUT2D eigenvalue weighted by molar-refractivity contribution is 8.13. The van der Waals surface area contributed by atoms with Crippen molar-refractivity contribution in [3.8, 4) is 0 Å². The number of rotatable bonds is 6. The van der Waals surface area contributed by atoms with Crippen molar-refractivity contribution in [3.05, 3.63) is 0 Å². The highest BCUT2D eigenvalue weighted by atomic mass is 35.7. The first-order valence-electron chi connectivity index (χ1n) is 6.12. The molecule has 0 saturated heterocycles. The Hall–Kier alpha value is 0.200. The molecule has 1 fully saturated rings. The molecule has 1 rings (SSSR count). The van der Waals surface area contributed by atoms with Gasteiger partial charge in [0.05, 0.1) is 11.9 Å². The number of unbranched alkanes of at least 4 members (excludes halogenated alkanes) is 1. The average molecular weight is 269 g/mol. The van der Waals surface area contributed by atoms with E-state index in [0.717, 1.165) is 19.3 Å². The molecule has 0 radical (unpaired) electrons.